The second-order valence-corrected chi connectivity index (χ2v) is 9.62. The van der Waals surface area contributed by atoms with Crippen LogP contribution in [0.1, 0.15) is 18.4 Å². The number of ether oxygens (including phenoxy) is 1. The lowest BCUT2D eigenvalue weighted by atomic mass is 10.1. The molecule has 1 aliphatic rings. The highest BCUT2D eigenvalue weighted by atomic mass is 16.5. The molecular weight excluding hydrogens is 496 g/mol. The highest BCUT2D eigenvalue weighted by molar-refractivity contribution is 5.89. The maximum atomic E-state index is 13.7. The lowest BCUT2D eigenvalue weighted by Gasteiger charge is -2.29. The number of piperidine rings is 1. The molecule has 39 heavy (non-hydrogen) atoms. The molecule has 1 fully saturated rings. The lowest BCUT2D eigenvalue weighted by Crippen LogP contribution is -2.42. The topological polar surface area (TPSA) is 114 Å². The van der Waals surface area contributed by atoms with Crippen molar-refractivity contribution in [2.45, 2.75) is 25.5 Å². The van der Waals surface area contributed by atoms with Crippen molar-refractivity contribution in [3.05, 3.63) is 88.7 Å². The van der Waals surface area contributed by atoms with Gasteiger partial charge in [0.15, 0.2) is 5.82 Å². The lowest BCUT2D eigenvalue weighted by molar-refractivity contribution is 0.0972. The summed E-state index contributed by atoms with van der Waals surface area (Å²) in [6.07, 6.45) is 0.794. The van der Waals surface area contributed by atoms with Gasteiger partial charge < -0.3 is 20.1 Å². The summed E-state index contributed by atoms with van der Waals surface area (Å²) >= 11 is 0. The van der Waals surface area contributed by atoms with Crippen LogP contribution in [0, 0.1) is 0 Å². The number of carbonyl (C=O) groups is 1. The molecule has 10 heteroatoms. The van der Waals surface area contributed by atoms with E-state index in [0.717, 1.165) is 11.1 Å². The highest BCUT2D eigenvalue weighted by Gasteiger charge is 2.22. The predicted molar refractivity (Wildman–Crippen MR) is 148 cm³/mol. The molecule has 0 atom stereocenters. The van der Waals surface area contributed by atoms with Gasteiger partial charge in [0.1, 0.15) is 5.75 Å². The summed E-state index contributed by atoms with van der Waals surface area (Å²) in [6, 6.07) is 22.2. The molecule has 2 amide bonds. The summed E-state index contributed by atoms with van der Waals surface area (Å²) < 4.78 is 9.05. The highest BCUT2D eigenvalue weighted by Crippen LogP contribution is 2.30. The fourth-order valence-corrected chi connectivity index (χ4v) is 5.11. The van der Waals surface area contributed by atoms with E-state index in [4.69, 9.17) is 4.74 Å². The zero-order valence-corrected chi connectivity index (χ0v) is 21.4. The molecule has 2 aromatic heterocycles. The van der Waals surface area contributed by atoms with E-state index in [1.165, 1.54) is 0 Å². The normalized spacial score (nSPS) is 14.2. The number of para-hydroxylation sites is 2. The number of methoxy groups -OCH3 is 1. The molecule has 1 saturated heterocycles. The Balaban J connectivity index is 1.39. The predicted octanol–water partition coefficient (Wildman–Crippen LogP) is 3.76. The summed E-state index contributed by atoms with van der Waals surface area (Å²) in [7, 11) is 1.61. The monoisotopic (exact) mass is 524 g/mol. The number of fused-ring (bicyclic) bond motifs is 3. The molecule has 3 heterocycles. The van der Waals surface area contributed by atoms with E-state index >= 15 is 0 Å². The zero-order chi connectivity index (χ0) is 26.9. The maximum absolute atomic E-state index is 13.7. The summed E-state index contributed by atoms with van der Waals surface area (Å²) in [5.41, 5.74) is 2.73. The quantitative estimate of drug-likeness (QED) is 0.362. The van der Waals surface area contributed by atoms with E-state index in [-0.39, 0.29) is 24.2 Å². The van der Waals surface area contributed by atoms with Gasteiger partial charge >= 0.3 is 6.03 Å². The molecule has 2 N–H and O–H groups in total. The first-order valence-corrected chi connectivity index (χ1v) is 12.9. The minimum absolute atomic E-state index is 0.182. The zero-order valence-electron chi connectivity index (χ0n) is 21.4. The van der Waals surface area contributed by atoms with Crippen molar-refractivity contribution in [3.63, 3.8) is 0 Å². The summed E-state index contributed by atoms with van der Waals surface area (Å²) in [4.78, 5) is 28.1. The van der Waals surface area contributed by atoms with Crippen molar-refractivity contribution in [1.29, 1.82) is 0 Å². The average molecular weight is 525 g/mol. The minimum Gasteiger partial charge on any atom is -0.496 e. The van der Waals surface area contributed by atoms with Gasteiger partial charge in [-0.3, -0.25) is 13.8 Å². The number of aromatic nitrogens is 4. The van der Waals surface area contributed by atoms with E-state index in [0.29, 0.717) is 59.9 Å². The number of aliphatic hydroxyl groups is 1. The van der Waals surface area contributed by atoms with Gasteiger partial charge in [0, 0.05) is 18.8 Å². The van der Waals surface area contributed by atoms with E-state index in [2.05, 4.69) is 15.5 Å². The third-order valence-corrected chi connectivity index (χ3v) is 7.13. The summed E-state index contributed by atoms with van der Waals surface area (Å²) in [5, 5.41) is 22.1. The SMILES string of the molecule is COc1ccccc1-c1nnc2n(Cc3cccc(NC(=O)N4CCC(O)CC4)c3)c(=O)c3ccccc3n12. The van der Waals surface area contributed by atoms with Gasteiger partial charge in [-0.05, 0) is 54.8 Å². The molecule has 0 unspecified atom stereocenters. The Morgan fingerprint density at radius 1 is 1.03 bits per heavy atom. The molecule has 198 valence electrons. The minimum atomic E-state index is -0.352. The maximum Gasteiger partial charge on any atom is 0.321 e. The van der Waals surface area contributed by atoms with Gasteiger partial charge in [-0.25, -0.2) is 4.79 Å². The molecule has 1 aliphatic heterocycles. The van der Waals surface area contributed by atoms with Gasteiger partial charge in [-0.1, -0.05) is 36.4 Å². The smallest absolute Gasteiger partial charge is 0.321 e. The van der Waals surface area contributed by atoms with E-state index < -0.39 is 0 Å². The van der Waals surface area contributed by atoms with Crippen LogP contribution >= 0.6 is 0 Å². The van der Waals surface area contributed by atoms with Crippen LogP contribution in [0.4, 0.5) is 10.5 Å². The van der Waals surface area contributed by atoms with Crippen LogP contribution in [0.5, 0.6) is 5.75 Å². The largest absolute Gasteiger partial charge is 0.496 e. The number of urea groups is 1. The van der Waals surface area contributed by atoms with Gasteiger partial charge in [0.2, 0.25) is 5.78 Å². The molecule has 6 rings (SSSR count). The van der Waals surface area contributed by atoms with Gasteiger partial charge in [0.05, 0.1) is 36.2 Å². The standard InChI is InChI=1S/C29H28N6O4/c1-39-25-12-5-3-10-23(25)26-31-32-28-34(27(37)22-9-2-4-11-24(22)35(26)28)18-19-7-6-8-20(17-19)30-29(38)33-15-13-21(36)14-16-33/h2-12,17,21,36H,13-16,18H2,1H3,(H,30,38). The number of benzene rings is 3. The summed E-state index contributed by atoms with van der Waals surface area (Å²) in [5.74, 6) is 1.63. The van der Waals surface area contributed by atoms with E-state index in [1.54, 1.807) is 22.6 Å². The number of rotatable bonds is 5. The summed E-state index contributed by atoms with van der Waals surface area (Å²) in [6.45, 7) is 1.26. The number of nitrogens with zero attached hydrogens (tertiary/aromatic N) is 5. The first-order valence-electron chi connectivity index (χ1n) is 12.9. The van der Waals surface area contributed by atoms with Crippen LogP contribution in [0.2, 0.25) is 0 Å². The molecule has 0 spiro atoms. The van der Waals surface area contributed by atoms with Crippen LogP contribution in [0.3, 0.4) is 0 Å². The number of hydrogen-bond acceptors (Lipinski definition) is 6. The molecule has 0 radical (unpaired) electrons. The van der Waals surface area contributed by atoms with Crippen LogP contribution in [-0.4, -0.2) is 61.5 Å². The fraction of sp³-hybridized carbons (Fsp3) is 0.241. The van der Waals surface area contributed by atoms with Crippen molar-refractivity contribution in [2.24, 2.45) is 0 Å². The van der Waals surface area contributed by atoms with Crippen molar-refractivity contribution in [3.8, 4) is 17.1 Å². The number of carbonyl (C=O) groups excluding carboxylic acids is 1. The Morgan fingerprint density at radius 3 is 2.62 bits per heavy atom. The van der Waals surface area contributed by atoms with E-state index in [1.807, 2.05) is 71.1 Å². The first kappa shape index (κ1) is 24.6. The van der Waals surface area contributed by atoms with Crippen molar-refractivity contribution >= 4 is 28.4 Å². The second kappa shape index (κ2) is 10.2. The Labute approximate surface area is 224 Å². The van der Waals surface area contributed by atoms with E-state index in [9.17, 15) is 14.7 Å². The van der Waals surface area contributed by atoms with Crippen LogP contribution in [0.15, 0.2) is 77.6 Å². The Bertz CT molecular complexity index is 1740. The van der Waals surface area contributed by atoms with Gasteiger partial charge in [-0.15, -0.1) is 10.2 Å². The third-order valence-electron chi connectivity index (χ3n) is 7.13. The number of hydrogen-bond donors (Lipinski definition) is 2. The number of nitrogens with one attached hydrogen (secondary N) is 1. The second-order valence-electron chi connectivity index (χ2n) is 9.62. The van der Waals surface area contributed by atoms with Crippen LogP contribution < -0.4 is 15.6 Å². The fourth-order valence-electron chi connectivity index (χ4n) is 5.11. The Kier molecular flexibility index (Phi) is 6.45. The number of amides is 2. The molecule has 5 aromatic rings. The number of aliphatic hydroxyl groups excluding tert-OH is 1. The molecule has 0 bridgehead atoms. The Morgan fingerprint density at radius 2 is 1.79 bits per heavy atom. The van der Waals surface area contributed by atoms with Gasteiger partial charge in [0.25, 0.3) is 5.56 Å². The van der Waals surface area contributed by atoms with Gasteiger partial charge in [-0.2, -0.15) is 0 Å². The number of anilines is 1. The molecule has 0 saturated carbocycles. The molecular formula is C29H28N6O4. The third kappa shape index (κ3) is 4.59. The molecule has 10 nitrogen and oxygen atoms in total. The van der Waals surface area contributed by atoms with Crippen LogP contribution in [0.25, 0.3) is 28.1 Å². The van der Waals surface area contributed by atoms with Crippen LogP contribution in [-0.2, 0) is 6.54 Å². The average Bonchev–Trinajstić information content (AvgIpc) is 3.41. The Hall–Kier alpha value is -4.70. The van der Waals surface area contributed by atoms with Crippen molar-refractivity contribution in [1.82, 2.24) is 24.1 Å². The first-order chi connectivity index (χ1) is 19.0. The molecule has 0 aliphatic carbocycles. The molecule has 3 aromatic carbocycles. The number of likely N-dealkylation sites (tertiary alicyclic amines) is 1. The van der Waals surface area contributed by atoms with Crippen molar-refractivity contribution < 1.29 is 14.6 Å². The van der Waals surface area contributed by atoms with Crippen molar-refractivity contribution in [2.75, 3.05) is 25.5 Å².